The molecule has 3 heteroatoms. The summed E-state index contributed by atoms with van der Waals surface area (Å²) in [6, 6.07) is 11.9. The van der Waals surface area contributed by atoms with Gasteiger partial charge in [-0.3, -0.25) is 4.79 Å². The van der Waals surface area contributed by atoms with Crippen LogP contribution < -0.4 is 0 Å². The van der Waals surface area contributed by atoms with Gasteiger partial charge < -0.3 is 9.47 Å². The van der Waals surface area contributed by atoms with E-state index in [1.54, 1.807) is 0 Å². The van der Waals surface area contributed by atoms with Crippen LogP contribution in [0, 0.1) is 11.3 Å². The third-order valence-electron chi connectivity index (χ3n) is 5.02. The molecule has 122 valence electrons. The molecule has 1 aromatic heterocycles. The van der Waals surface area contributed by atoms with E-state index in [2.05, 4.69) is 20.8 Å². The molecule has 1 aliphatic heterocycles. The summed E-state index contributed by atoms with van der Waals surface area (Å²) in [5.41, 5.74) is 2.21. The molecule has 0 atom stereocenters. The molecule has 1 amide bonds. The third-order valence-corrected chi connectivity index (χ3v) is 5.02. The molecule has 3 rings (SSSR count). The quantitative estimate of drug-likeness (QED) is 0.808. The van der Waals surface area contributed by atoms with Crippen LogP contribution in [0.15, 0.2) is 48.8 Å². The van der Waals surface area contributed by atoms with Crippen LogP contribution in [-0.4, -0.2) is 28.5 Å². The predicted molar refractivity (Wildman–Crippen MR) is 93.9 cm³/mol. The number of aromatic nitrogens is 1. The Morgan fingerprint density at radius 1 is 1.00 bits per heavy atom. The standard InChI is InChI=1S/C20H26N2O/c1-20(2,3)17-10-14-22(15-11-17)19(23)16-6-8-18(9-7-16)21-12-4-5-13-21/h4-9,12-13,17H,10-11,14-15H2,1-3H3. The molecule has 1 aliphatic rings. The lowest BCUT2D eigenvalue weighted by Gasteiger charge is -2.38. The number of hydrogen-bond donors (Lipinski definition) is 0. The molecule has 3 nitrogen and oxygen atoms in total. The van der Waals surface area contributed by atoms with Gasteiger partial charge in [0.2, 0.25) is 0 Å². The number of piperidine rings is 1. The van der Waals surface area contributed by atoms with Crippen molar-refractivity contribution in [3.05, 3.63) is 54.4 Å². The van der Waals surface area contributed by atoms with E-state index >= 15 is 0 Å². The van der Waals surface area contributed by atoms with Gasteiger partial charge in [0.25, 0.3) is 5.91 Å². The van der Waals surface area contributed by atoms with Crippen molar-refractivity contribution in [1.29, 1.82) is 0 Å². The normalized spacial score (nSPS) is 16.6. The number of benzene rings is 1. The average molecular weight is 310 g/mol. The monoisotopic (exact) mass is 310 g/mol. The first kappa shape index (κ1) is 15.9. The first-order valence-corrected chi connectivity index (χ1v) is 8.48. The number of carbonyl (C=O) groups is 1. The van der Waals surface area contributed by atoms with Crippen LogP contribution >= 0.6 is 0 Å². The van der Waals surface area contributed by atoms with E-state index in [0.717, 1.165) is 37.2 Å². The van der Waals surface area contributed by atoms with E-state index in [0.29, 0.717) is 11.3 Å². The molecule has 0 spiro atoms. The second-order valence-electron chi connectivity index (χ2n) is 7.57. The highest BCUT2D eigenvalue weighted by atomic mass is 16.2. The minimum atomic E-state index is 0.163. The van der Waals surface area contributed by atoms with E-state index in [1.165, 1.54) is 0 Å². The molecule has 1 fully saturated rings. The molecule has 0 N–H and O–H groups in total. The minimum absolute atomic E-state index is 0.163. The molecule has 23 heavy (non-hydrogen) atoms. The molecule has 0 bridgehead atoms. The van der Waals surface area contributed by atoms with Crippen LogP contribution in [-0.2, 0) is 0 Å². The Balaban J connectivity index is 1.65. The van der Waals surface area contributed by atoms with E-state index in [9.17, 15) is 4.79 Å². The smallest absolute Gasteiger partial charge is 0.253 e. The van der Waals surface area contributed by atoms with Gasteiger partial charge in [0.15, 0.2) is 0 Å². The Morgan fingerprint density at radius 2 is 1.57 bits per heavy atom. The zero-order valence-corrected chi connectivity index (χ0v) is 14.3. The Kier molecular flexibility index (Phi) is 4.29. The predicted octanol–water partition coefficient (Wildman–Crippen LogP) is 4.38. The summed E-state index contributed by atoms with van der Waals surface area (Å²) in [6.45, 7) is 8.65. The van der Waals surface area contributed by atoms with E-state index in [-0.39, 0.29) is 5.91 Å². The van der Waals surface area contributed by atoms with Crippen LogP contribution in [0.2, 0.25) is 0 Å². The van der Waals surface area contributed by atoms with Gasteiger partial charge in [0.1, 0.15) is 0 Å². The maximum Gasteiger partial charge on any atom is 0.253 e. The molecular formula is C20H26N2O. The van der Waals surface area contributed by atoms with Crippen LogP contribution in [0.25, 0.3) is 5.69 Å². The fourth-order valence-electron chi connectivity index (χ4n) is 3.41. The van der Waals surface area contributed by atoms with Crippen molar-refractivity contribution in [3.63, 3.8) is 0 Å². The molecule has 2 heterocycles. The van der Waals surface area contributed by atoms with E-state index in [1.807, 2.05) is 58.3 Å². The van der Waals surface area contributed by atoms with Gasteiger partial charge in [0.05, 0.1) is 0 Å². The Hall–Kier alpha value is -2.03. The lowest BCUT2D eigenvalue weighted by molar-refractivity contribution is 0.0609. The van der Waals surface area contributed by atoms with Crippen LogP contribution in [0.3, 0.4) is 0 Å². The highest BCUT2D eigenvalue weighted by Gasteiger charge is 2.30. The highest BCUT2D eigenvalue weighted by molar-refractivity contribution is 5.94. The Bertz CT molecular complexity index is 642. The fourth-order valence-corrected chi connectivity index (χ4v) is 3.41. The van der Waals surface area contributed by atoms with Crippen LogP contribution in [0.1, 0.15) is 44.0 Å². The van der Waals surface area contributed by atoms with Crippen LogP contribution in [0.4, 0.5) is 0 Å². The molecule has 0 radical (unpaired) electrons. The summed E-state index contributed by atoms with van der Waals surface area (Å²) >= 11 is 0. The van der Waals surface area contributed by atoms with Gasteiger partial charge in [-0.2, -0.15) is 0 Å². The number of hydrogen-bond acceptors (Lipinski definition) is 1. The first-order chi connectivity index (χ1) is 10.9. The minimum Gasteiger partial charge on any atom is -0.339 e. The third kappa shape index (κ3) is 3.49. The van der Waals surface area contributed by atoms with Crippen molar-refractivity contribution in [3.8, 4) is 5.69 Å². The van der Waals surface area contributed by atoms with E-state index < -0.39 is 0 Å². The molecule has 1 aromatic carbocycles. The van der Waals surface area contributed by atoms with Gasteiger partial charge in [-0.05, 0) is 60.6 Å². The summed E-state index contributed by atoms with van der Waals surface area (Å²) in [5, 5.41) is 0. The molecule has 2 aromatic rings. The summed E-state index contributed by atoms with van der Waals surface area (Å²) in [4.78, 5) is 14.7. The lowest BCUT2D eigenvalue weighted by Crippen LogP contribution is -2.41. The second kappa shape index (κ2) is 6.23. The van der Waals surface area contributed by atoms with Crippen molar-refractivity contribution in [2.24, 2.45) is 11.3 Å². The fraction of sp³-hybridized carbons (Fsp3) is 0.450. The van der Waals surface area contributed by atoms with Gasteiger partial charge in [-0.1, -0.05) is 20.8 Å². The van der Waals surface area contributed by atoms with Crippen molar-refractivity contribution < 1.29 is 4.79 Å². The number of likely N-dealkylation sites (tertiary alicyclic amines) is 1. The SMILES string of the molecule is CC(C)(C)C1CCN(C(=O)c2ccc(-n3cccc3)cc2)CC1. The first-order valence-electron chi connectivity index (χ1n) is 8.48. The van der Waals surface area contributed by atoms with Gasteiger partial charge >= 0.3 is 0 Å². The maximum absolute atomic E-state index is 12.7. The van der Waals surface area contributed by atoms with Gasteiger partial charge in [-0.25, -0.2) is 0 Å². The number of rotatable bonds is 2. The van der Waals surface area contributed by atoms with Crippen molar-refractivity contribution in [2.45, 2.75) is 33.6 Å². The van der Waals surface area contributed by atoms with Crippen molar-refractivity contribution in [2.75, 3.05) is 13.1 Å². The van der Waals surface area contributed by atoms with Gasteiger partial charge in [-0.15, -0.1) is 0 Å². The Morgan fingerprint density at radius 3 is 2.09 bits per heavy atom. The second-order valence-corrected chi connectivity index (χ2v) is 7.57. The zero-order chi connectivity index (χ0) is 16.4. The Labute approximate surface area is 138 Å². The topological polar surface area (TPSA) is 25.2 Å². The molecule has 0 saturated carbocycles. The summed E-state index contributed by atoms with van der Waals surface area (Å²) in [5.74, 6) is 0.874. The van der Waals surface area contributed by atoms with Crippen LogP contribution in [0.5, 0.6) is 0 Å². The van der Waals surface area contributed by atoms with E-state index in [4.69, 9.17) is 0 Å². The molecule has 1 saturated heterocycles. The zero-order valence-electron chi connectivity index (χ0n) is 14.3. The summed E-state index contributed by atoms with van der Waals surface area (Å²) in [7, 11) is 0. The van der Waals surface area contributed by atoms with Crippen molar-refractivity contribution >= 4 is 5.91 Å². The van der Waals surface area contributed by atoms with Gasteiger partial charge in [0, 0.05) is 36.7 Å². The lowest BCUT2D eigenvalue weighted by atomic mass is 9.75. The summed E-state index contributed by atoms with van der Waals surface area (Å²) in [6.07, 6.45) is 6.23. The van der Waals surface area contributed by atoms with Crippen molar-refractivity contribution in [1.82, 2.24) is 9.47 Å². The molecular weight excluding hydrogens is 284 g/mol. The maximum atomic E-state index is 12.7. The number of amides is 1. The number of carbonyl (C=O) groups excluding carboxylic acids is 1. The largest absolute Gasteiger partial charge is 0.339 e. The highest BCUT2D eigenvalue weighted by Crippen LogP contribution is 2.34. The summed E-state index contributed by atoms with van der Waals surface area (Å²) < 4.78 is 2.04. The number of nitrogens with zero attached hydrogens (tertiary/aromatic N) is 2. The molecule has 0 aliphatic carbocycles. The average Bonchev–Trinajstić information content (AvgIpc) is 3.08. The molecule has 0 unspecified atom stereocenters.